The summed E-state index contributed by atoms with van der Waals surface area (Å²) in [4.78, 5) is 13.0. The molecule has 2 aromatic rings. The molecule has 0 fully saturated rings. The largest absolute Gasteiger partial charge is 0.312 e. The number of anilines is 1. The van der Waals surface area contributed by atoms with Crippen molar-refractivity contribution in [3.63, 3.8) is 0 Å². The summed E-state index contributed by atoms with van der Waals surface area (Å²) >= 11 is 4.37. The molecule has 0 aliphatic rings. The number of halogens is 2. The fourth-order valence-corrected chi connectivity index (χ4v) is 2.91. The molecule has 6 heteroatoms. The summed E-state index contributed by atoms with van der Waals surface area (Å²) in [5.41, 5.74) is 1.52. The molecule has 1 aromatic carbocycles. The third-order valence-corrected chi connectivity index (χ3v) is 4.67. The van der Waals surface area contributed by atoms with Crippen molar-refractivity contribution < 1.29 is 9.18 Å². The molecule has 0 spiro atoms. The van der Waals surface area contributed by atoms with Crippen LogP contribution in [0.1, 0.15) is 26.4 Å². The number of carbonyl (C=O) groups is 1. The normalized spacial score (nSPS) is 10.2. The van der Waals surface area contributed by atoms with Crippen molar-refractivity contribution in [3.05, 3.63) is 50.1 Å². The minimum Gasteiger partial charge on any atom is -0.312 e. The van der Waals surface area contributed by atoms with Crippen molar-refractivity contribution in [2.45, 2.75) is 13.8 Å². The number of aryl methyl sites for hydroxylation is 1. The molecule has 1 N–H and O–H groups in total. The Kier molecular flexibility index (Phi) is 4.21. The van der Waals surface area contributed by atoms with E-state index in [1.165, 1.54) is 23.5 Å². The lowest BCUT2D eigenvalue weighted by Crippen LogP contribution is -2.12. The van der Waals surface area contributed by atoms with E-state index in [0.29, 0.717) is 15.0 Å². The summed E-state index contributed by atoms with van der Waals surface area (Å²) in [6.07, 6.45) is 0. The van der Waals surface area contributed by atoms with Gasteiger partial charge in [0.1, 0.15) is 16.9 Å². The van der Waals surface area contributed by atoms with Gasteiger partial charge in [0.2, 0.25) is 0 Å². The quantitative estimate of drug-likeness (QED) is 0.871. The molecule has 0 radical (unpaired) electrons. The number of benzene rings is 1. The number of amides is 1. The molecule has 2 rings (SSSR count). The van der Waals surface area contributed by atoms with E-state index in [1.807, 2.05) is 13.8 Å². The molecular formula is C14H10BrFN2OS. The van der Waals surface area contributed by atoms with Crippen LogP contribution in [0.3, 0.4) is 0 Å². The molecule has 0 atom stereocenters. The standard InChI is InChI=1S/C14H10BrFN2OS/c1-7-8(2)20-14(10(7)6-17)18-13(19)9-3-4-11(15)12(16)5-9/h3-5H,1-2H3,(H,18,19). The molecular weight excluding hydrogens is 343 g/mol. The van der Waals surface area contributed by atoms with Crippen molar-refractivity contribution in [1.82, 2.24) is 0 Å². The molecule has 20 heavy (non-hydrogen) atoms. The molecule has 0 bridgehead atoms. The summed E-state index contributed by atoms with van der Waals surface area (Å²) in [5, 5.41) is 12.3. The van der Waals surface area contributed by atoms with Gasteiger partial charge in [-0.1, -0.05) is 0 Å². The Morgan fingerprint density at radius 1 is 1.45 bits per heavy atom. The number of hydrogen-bond acceptors (Lipinski definition) is 3. The maximum absolute atomic E-state index is 13.4. The summed E-state index contributed by atoms with van der Waals surface area (Å²) in [5.74, 6) is -0.939. The van der Waals surface area contributed by atoms with Crippen molar-refractivity contribution >= 4 is 38.2 Å². The van der Waals surface area contributed by atoms with E-state index < -0.39 is 11.7 Å². The van der Waals surface area contributed by atoms with Gasteiger partial charge >= 0.3 is 0 Å². The van der Waals surface area contributed by atoms with Crippen molar-refractivity contribution in [3.8, 4) is 6.07 Å². The average molecular weight is 353 g/mol. The van der Waals surface area contributed by atoms with Gasteiger partial charge in [-0.15, -0.1) is 11.3 Å². The fraction of sp³-hybridized carbons (Fsp3) is 0.143. The first-order valence-electron chi connectivity index (χ1n) is 5.70. The number of carbonyl (C=O) groups excluding carboxylic acids is 1. The summed E-state index contributed by atoms with van der Waals surface area (Å²) in [6, 6.07) is 6.22. The SMILES string of the molecule is Cc1sc(NC(=O)c2ccc(Br)c(F)c2)c(C#N)c1C. The van der Waals surface area contributed by atoms with Crippen molar-refractivity contribution in [2.24, 2.45) is 0 Å². The van der Waals surface area contributed by atoms with Crippen LogP contribution in [0.25, 0.3) is 0 Å². The highest BCUT2D eigenvalue weighted by Gasteiger charge is 2.16. The van der Waals surface area contributed by atoms with Crippen LogP contribution in [0, 0.1) is 31.0 Å². The first-order chi connectivity index (χ1) is 9.43. The lowest BCUT2D eigenvalue weighted by molar-refractivity contribution is 0.102. The van der Waals surface area contributed by atoms with Gasteiger partial charge in [-0.2, -0.15) is 5.26 Å². The molecule has 1 heterocycles. The van der Waals surface area contributed by atoms with Gasteiger partial charge in [-0.25, -0.2) is 4.39 Å². The Hall–Kier alpha value is -1.71. The van der Waals surface area contributed by atoms with Gasteiger partial charge in [-0.3, -0.25) is 4.79 Å². The topological polar surface area (TPSA) is 52.9 Å². The Labute approximate surface area is 128 Å². The van der Waals surface area contributed by atoms with E-state index in [0.717, 1.165) is 16.5 Å². The zero-order valence-corrected chi connectivity index (χ0v) is 13.2. The van der Waals surface area contributed by atoms with Crippen LogP contribution in [0.5, 0.6) is 0 Å². The summed E-state index contributed by atoms with van der Waals surface area (Å²) in [6.45, 7) is 3.72. The number of thiophene rings is 1. The molecule has 0 saturated heterocycles. The van der Waals surface area contributed by atoms with Crippen LogP contribution in [-0.4, -0.2) is 5.91 Å². The molecule has 3 nitrogen and oxygen atoms in total. The van der Waals surface area contributed by atoms with Crippen molar-refractivity contribution in [1.29, 1.82) is 5.26 Å². The first-order valence-corrected chi connectivity index (χ1v) is 7.31. The maximum Gasteiger partial charge on any atom is 0.256 e. The molecule has 0 aliphatic heterocycles. The van der Waals surface area contributed by atoms with Gasteiger partial charge in [0.25, 0.3) is 5.91 Å². The molecule has 1 aromatic heterocycles. The van der Waals surface area contributed by atoms with Crippen molar-refractivity contribution in [2.75, 3.05) is 5.32 Å². The maximum atomic E-state index is 13.4. The highest BCUT2D eigenvalue weighted by molar-refractivity contribution is 9.10. The summed E-state index contributed by atoms with van der Waals surface area (Å²) in [7, 11) is 0. The highest BCUT2D eigenvalue weighted by atomic mass is 79.9. The number of hydrogen-bond donors (Lipinski definition) is 1. The van der Waals surface area contributed by atoms with E-state index in [2.05, 4.69) is 27.3 Å². The predicted molar refractivity (Wildman–Crippen MR) is 80.6 cm³/mol. The lowest BCUT2D eigenvalue weighted by atomic mass is 10.1. The van der Waals surface area contributed by atoms with Crippen LogP contribution >= 0.6 is 27.3 Å². The lowest BCUT2D eigenvalue weighted by Gasteiger charge is -2.04. The Morgan fingerprint density at radius 3 is 2.75 bits per heavy atom. The van der Waals surface area contributed by atoms with E-state index >= 15 is 0 Å². The minimum atomic E-state index is -0.503. The number of rotatable bonds is 2. The smallest absolute Gasteiger partial charge is 0.256 e. The van der Waals surface area contributed by atoms with E-state index in [-0.39, 0.29) is 5.56 Å². The van der Waals surface area contributed by atoms with Crippen LogP contribution in [0.4, 0.5) is 9.39 Å². The third-order valence-electron chi connectivity index (χ3n) is 2.91. The van der Waals surface area contributed by atoms with Gasteiger partial charge in [-0.05, 0) is 53.5 Å². The van der Waals surface area contributed by atoms with Gasteiger partial charge in [0, 0.05) is 10.4 Å². The van der Waals surface area contributed by atoms with E-state index in [9.17, 15) is 9.18 Å². The van der Waals surface area contributed by atoms with Gasteiger partial charge in [0.15, 0.2) is 0 Å². The Morgan fingerprint density at radius 2 is 2.15 bits per heavy atom. The highest BCUT2D eigenvalue weighted by Crippen LogP contribution is 2.32. The van der Waals surface area contributed by atoms with Crippen LogP contribution in [0.2, 0.25) is 0 Å². The molecule has 0 aliphatic carbocycles. The van der Waals surface area contributed by atoms with Gasteiger partial charge < -0.3 is 5.32 Å². The van der Waals surface area contributed by atoms with Crippen LogP contribution < -0.4 is 5.32 Å². The second kappa shape index (κ2) is 5.73. The molecule has 102 valence electrons. The fourth-order valence-electron chi connectivity index (χ4n) is 1.66. The summed E-state index contributed by atoms with van der Waals surface area (Å²) < 4.78 is 13.7. The molecule has 0 unspecified atom stereocenters. The number of nitrogens with one attached hydrogen (secondary N) is 1. The second-order valence-electron chi connectivity index (χ2n) is 4.18. The monoisotopic (exact) mass is 352 g/mol. The zero-order chi connectivity index (χ0) is 14.9. The van der Waals surface area contributed by atoms with Crippen LogP contribution in [-0.2, 0) is 0 Å². The molecule has 0 saturated carbocycles. The average Bonchev–Trinajstić information content (AvgIpc) is 2.67. The zero-order valence-electron chi connectivity index (χ0n) is 10.8. The number of nitriles is 1. The third kappa shape index (κ3) is 2.74. The Balaban J connectivity index is 2.30. The second-order valence-corrected chi connectivity index (χ2v) is 6.26. The predicted octanol–water partition coefficient (Wildman–Crippen LogP) is 4.39. The minimum absolute atomic E-state index is 0.207. The van der Waals surface area contributed by atoms with E-state index in [1.54, 1.807) is 0 Å². The van der Waals surface area contributed by atoms with Gasteiger partial charge in [0.05, 0.1) is 10.0 Å². The first kappa shape index (κ1) is 14.7. The molecule has 1 amide bonds. The Bertz CT molecular complexity index is 734. The van der Waals surface area contributed by atoms with Crippen LogP contribution in [0.15, 0.2) is 22.7 Å². The van der Waals surface area contributed by atoms with E-state index in [4.69, 9.17) is 5.26 Å². The number of nitrogens with zero attached hydrogens (tertiary/aromatic N) is 1.